The Morgan fingerprint density at radius 2 is 2.05 bits per heavy atom. The minimum absolute atomic E-state index is 0.267. The summed E-state index contributed by atoms with van der Waals surface area (Å²) in [5, 5.41) is 2.66. The molecule has 3 rings (SSSR count). The Bertz CT molecular complexity index is 630. The smallest absolute Gasteiger partial charge is 0.413 e. The number of benzene rings is 2. The van der Waals surface area contributed by atoms with Crippen molar-refractivity contribution >= 4 is 6.09 Å². The van der Waals surface area contributed by atoms with E-state index in [1.54, 1.807) is 30.3 Å². The molecule has 0 spiro atoms. The summed E-state index contributed by atoms with van der Waals surface area (Å²) in [6, 6.07) is 12.6. The fourth-order valence-electron chi connectivity index (χ4n) is 2.07. The number of carbonyl (C=O) groups is 1. The highest BCUT2D eigenvalue weighted by Crippen LogP contribution is 2.32. The molecule has 0 saturated carbocycles. The van der Waals surface area contributed by atoms with Crippen LogP contribution in [-0.4, -0.2) is 12.7 Å². The molecular weight excluding hydrogens is 261 g/mol. The normalized spacial score (nSPS) is 16.1. The minimum Gasteiger partial charge on any atom is -0.491 e. The highest BCUT2D eigenvalue weighted by atomic mass is 19.1. The molecule has 0 aliphatic carbocycles. The monoisotopic (exact) mass is 273 g/mol. The number of hydrogen-bond donors (Lipinski definition) is 1. The second-order valence-corrected chi connectivity index (χ2v) is 4.39. The van der Waals surface area contributed by atoms with Crippen molar-refractivity contribution in [3.05, 3.63) is 59.9 Å². The molecule has 0 radical (unpaired) electrons. The van der Waals surface area contributed by atoms with Gasteiger partial charge in [-0.15, -0.1) is 0 Å². The van der Waals surface area contributed by atoms with Crippen molar-refractivity contribution in [2.75, 3.05) is 6.61 Å². The number of ether oxygens (including phenoxy) is 2. The van der Waals surface area contributed by atoms with Gasteiger partial charge in [-0.1, -0.05) is 18.2 Å². The molecule has 0 aromatic heterocycles. The standard InChI is InChI=1S/C15H12FNO3/c16-10-6-7-14-12(8-10)13(9-19-14)17-15(18)20-11-4-2-1-3-5-11/h1-8,13H,9H2,(H,17,18). The molecule has 4 nitrogen and oxygen atoms in total. The van der Waals surface area contributed by atoms with Crippen LogP contribution in [0.4, 0.5) is 9.18 Å². The van der Waals surface area contributed by atoms with Crippen LogP contribution in [0.3, 0.4) is 0 Å². The molecule has 1 heterocycles. The molecule has 20 heavy (non-hydrogen) atoms. The van der Waals surface area contributed by atoms with E-state index in [9.17, 15) is 9.18 Å². The summed E-state index contributed by atoms with van der Waals surface area (Å²) in [5.74, 6) is 0.664. The third-order valence-corrected chi connectivity index (χ3v) is 3.00. The second kappa shape index (κ2) is 5.21. The SMILES string of the molecule is O=C(NC1COc2ccc(F)cc21)Oc1ccccc1. The molecule has 0 bridgehead atoms. The van der Waals surface area contributed by atoms with Gasteiger partial charge in [0.25, 0.3) is 0 Å². The second-order valence-electron chi connectivity index (χ2n) is 4.39. The summed E-state index contributed by atoms with van der Waals surface area (Å²) in [6.45, 7) is 0.267. The third kappa shape index (κ3) is 2.56. The molecule has 1 amide bonds. The number of halogens is 1. The lowest BCUT2D eigenvalue weighted by Gasteiger charge is -2.11. The molecule has 2 aromatic rings. The van der Waals surface area contributed by atoms with Gasteiger partial charge in [-0.25, -0.2) is 9.18 Å². The number of hydrogen-bond acceptors (Lipinski definition) is 3. The molecule has 0 saturated heterocycles. The first-order valence-electron chi connectivity index (χ1n) is 6.18. The van der Waals surface area contributed by atoms with Crippen molar-refractivity contribution in [1.29, 1.82) is 0 Å². The van der Waals surface area contributed by atoms with Crippen LogP contribution in [0.15, 0.2) is 48.5 Å². The Balaban J connectivity index is 1.68. The Hall–Kier alpha value is -2.56. The fraction of sp³-hybridized carbons (Fsp3) is 0.133. The largest absolute Gasteiger partial charge is 0.491 e. The summed E-state index contributed by atoms with van der Waals surface area (Å²) in [6.07, 6.45) is -0.595. The van der Waals surface area contributed by atoms with Gasteiger partial charge in [0.15, 0.2) is 0 Å². The van der Waals surface area contributed by atoms with E-state index in [4.69, 9.17) is 9.47 Å². The van der Waals surface area contributed by atoms with Crippen LogP contribution in [0.5, 0.6) is 11.5 Å². The first kappa shape index (κ1) is 12.5. The molecule has 1 aliphatic heterocycles. The van der Waals surface area contributed by atoms with E-state index in [1.165, 1.54) is 12.1 Å². The van der Waals surface area contributed by atoms with E-state index in [1.807, 2.05) is 6.07 Å². The van der Waals surface area contributed by atoms with Crippen molar-refractivity contribution in [2.24, 2.45) is 0 Å². The molecule has 0 fully saturated rings. The predicted octanol–water partition coefficient (Wildman–Crippen LogP) is 3.05. The lowest BCUT2D eigenvalue weighted by molar-refractivity contribution is 0.192. The zero-order valence-corrected chi connectivity index (χ0v) is 10.5. The van der Waals surface area contributed by atoms with Crippen LogP contribution in [0, 0.1) is 5.82 Å². The van der Waals surface area contributed by atoms with Crippen LogP contribution in [-0.2, 0) is 0 Å². The number of fused-ring (bicyclic) bond motifs is 1. The van der Waals surface area contributed by atoms with E-state index in [0.29, 0.717) is 17.1 Å². The zero-order chi connectivity index (χ0) is 13.9. The maximum Gasteiger partial charge on any atom is 0.413 e. The van der Waals surface area contributed by atoms with E-state index in [2.05, 4.69) is 5.32 Å². The fourth-order valence-corrected chi connectivity index (χ4v) is 2.07. The highest BCUT2D eigenvalue weighted by Gasteiger charge is 2.26. The van der Waals surface area contributed by atoms with Crippen LogP contribution in [0.25, 0.3) is 0 Å². The number of para-hydroxylation sites is 1. The van der Waals surface area contributed by atoms with E-state index in [-0.39, 0.29) is 12.4 Å². The number of rotatable bonds is 2. The van der Waals surface area contributed by atoms with Crippen LogP contribution in [0.1, 0.15) is 11.6 Å². The van der Waals surface area contributed by atoms with Gasteiger partial charge in [-0.05, 0) is 30.3 Å². The average molecular weight is 273 g/mol. The van der Waals surface area contributed by atoms with E-state index >= 15 is 0 Å². The number of nitrogens with one attached hydrogen (secondary N) is 1. The first-order valence-corrected chi connectivity index (χ1v) is 6.18. The Labute approximate surface area is 115 Å². The summed E-state index contributed by atoms with van der Waals surface area (Å²) in [7, 11) is 0. The molecule has 5 heteroatoms. The maximum atomic E-state index is 13.2. The molecule has 2 aromatic carbocycles. The first-order chi connectivity index (χ1) is 9.72. The van der Waals surface area contributed by atoms with Crippen molar-refractivity contribution in [2.45, 2.75) is 6.04 Å². The topological polar surface area (TPSA) is 47.6 Å². The van der Waals surface area contributed by atoms with E-state index in [0.717, 1.165) is 0 Å². The highest BCUT2D eigenvalue weighted by molar-refractivity contribution is 5.71. The average Bonchev–Trinajstić information content (AvgIpc) is 2.82. The van der Waals surface area contributed by atoms with Gasteiger partial charge >= 0.3 is 6.09 Å². The van der Waals surface area contributed by atoms with Gasteiger partial charge in [0, 0.05) is 5.56 Å². The Morgan fingerprint density at radius 1 is 1.25 bits per heavy atom. The zero-order valence-electron chi connectivity index (χ0n) is 10.5. The predicted molar refractivity (Wildman–Crippen MR) is 70.2 cm³/mol. The number of amides is 1. The van der Waals surface area contributed by atoms with E-state index < -0.39 is 12.1 Å². The van der Waals surface area contributed by atoms with Gasteiger partial charge in [0.1, 0.15) is 23.9 Å². The van der Waals surface area contributed by atoms with Gasteiger partial charge in [-0.3, -0.25) is 0 Å². The Morgan fingerprint density at radius 3 is 2.85 bits per heavy atom. The van der Waals surface area contributed by atoms with Crippen LogP contribution >= 0.6 is 0 Å². The lowest BCUT2D eigenvalue weighted by atomic mass is 10.1. The van der Waals surface area contributed by atoms with Crippen molar-refractivity contribution in [3.8, 4) is 11.5 Å². The molecule has 1 N–H and O–H groups in total. The molecular formula is C15H12FNO3. The van der Waals surface area contributed by atoms with Crippen LogP contribution in [0.2, 0.25) is 0 Å². The summed E-state index contributed by atoms with van der Waals surface area (Å²) in [4.78, 5) is 11.8. The lowest BCUT2D eigenvalue weighted by Crippen LogP contribution is -2.31. The minimum atomic E-state index is -0.595. The molecule has 1 atom stereocenters. The maximum absolute atomic E-state index is 13.2. The summed E-state index contributed by atoms with van der Waals surface area (Å²) >= 11 is 0. The quantitative estimate of drug-likeness (QED) is 0.914. The van der Waals surface area contributed by atoms with Crippen molar-refractivity contribution in [1.82, 2.24) is 5.32 Å². The van der Waals surface area contributed by atoms with Crippen molar-refractivity contribution < 1.29 is 18.7 Å². The van der Waals surface area contributed by atoms with Gasteiger partial charge in [0.2, 0.25) is 0 Å². The molecule has 1 aliphatic rings. The van der Waals surface area contributed by atoms with Gasteiger partial charge < -0.3 is 14.8 Å². The van der Waals surface area contributed by atoms with Crippen LogP contribution < -0.4 is 14.8 Å². The van der Waals surface area contributed by atoms with Gasteiger partial charge in [-0.2, -0.15) is 0 Å². The molecule has 102 valence electrons. The molecule has 1 unspecified atom stereocenters. The number of carbonyl (C=O) groups excluding carboxylic acids is 1. The summed E-state index contributed by atoms with van der Waals surface area (Å²) < 4.78 is 23.7. The third-order valence-electron chi connectivity index (χ3n) is 3.00. The summed E-state index contributed by atoms with van der Waals surface area (Å²) in [5.41, 5.74) is 0.620. The van der Waals surface area contributed by atoms with Crippen molar-refractivity contribution in [3.63, 3.8) is 0 Å². The van der Waals surface area contributed by atoms with Gasteiger partial charge in [0.05, 0.1) is 6.04 Å². The Kier molecular flexibility index (Phi) is 3.25.